The lowest BCUT2D eigenvalue weighted by atomic mass is 9.96. The molecule has 0 bridgehead atoms. The normalized spacial score (nSPS) is 13.2. The molecule has 2 aromatic carbocycles. The molecule has 166 valence electrons. The standard InChI is InChI=1S/C18H18ClF3N6O2S/c1-9(28-31(2,29)30)10-3-5-11(6-4-10)15-13(18(20,21)22)7-12(8-14(15)19)24-17-25-16(23)26-27-17/h3-9,28H,1-2H3,(H4,23,24,25,26,27)/t9-/m0/s1. The number of nitrogens with zero attached hydrogens (tertiary/aromatic N) is 2. The van der Waals surface area contributed by atoms with Crippen molar-refractivity contribution in [3.63, 3.8) is 0 Å². The number of anilines is 3. The number of H-pyrrole nitrogens is 1. The zero-order valence-electron chi connectivity index (χ0n) is 16.2. The molecule has 0 spiro atoms. The highest BCUT2D eigenvalue weighted by atomic mass is 35.5. The molecule has 0 fully saturated rings. The van der Waals surface area contributed by atoms with Crippen LogP contribution in [0.1, 0.15) is 24.1 Å². The predicted molar refractivity (Wildman–Crippen MR) is 112 cm³/mol. The summed E-state index contributed by atoms with van der Waals surface area (Å²) in [6, 6.07) is 7.65. The summed E-state index contributed by atoms with van der Waals surface area (Å²) in [5.74, 6) is -0.00731. The van der Waals surface area contributed by atoms with Crippen LogP contribution in [0, 0.1) is 0 Å². The number of hydrogen-bond donors (Lipinski definition) is 4. The minimum atomic E-state index is -4.70. The van der Waals surface area contributed by atoms with Gasteiger partial charge in [0.1, 0.15) is 0 Å². The van der Waals surface area contributed by atoms with Gasteiger partial charge in [-0.1, -0.05) is 35.9 Å². The zero-order chi connectivity index (χ0) is 23.0. The van der Waals surface area contributed by atoms with Gasteiger partial charge in [0.2, 0.25) is 21.9 Å². The molecule has 8 nitrogen and oxygen atoms in total. The number of nitrogens with two attached hydrogens (primary N) is 1. The molecule has 3 rings (SSSR count). The monoisotopic (exact) mass is 474 g/mol. The molecular formula is C18H18ClF3N6O2S. The Morgan fingerprint density at radius 2 is 1.84 bits per heavy atom. The third-order valence-corrected chi connectivity index (χ3v) is 5.32. The number of halogens is 4. The molecular weight excluding hydrogens is 457 g/mol. The van der Waals surface area contributed by atoms with Crippen LogP contribution in [0.2, 0.25) is 5.02 Å². The number of nitrogen functional groups attached to an aromatic ring is 1. The highest BCUT2D eigenvalue weighted by Gasteiger charge is 2.35. The lowest BCUT2D eigenvalue weighted by molar-refractivity contribution is -0.137. The number of sulfonamides is 1. The number of alkyl halides is 3. The van der Waals surface area contributed by atoms with Crippen LogP contribution in [0.25, 0.3) is 11.1 Å². The minimum absolute atomic E-state index is 0.000873. The Balaban J connectivity index is 2.00. The molecule has 1 heterocycles. The maximum Gasteiger partial charge on any atom is 0.417 e. The van der Waals surface area contributed by atoms with E-state index in [4.69, 9.17) is 17.3 Å². The molecule has 0 aliphatic rings. The molecule has 31 heavy (non-hydrogen) atoms. The van der Waals surface area contributed by atoms with Crippen LogP contribution in [-0.2, 0) is 16.2 Å². The van der Waals surface area contributed by atoms with Crippen LogP contribution >= 0.6 is 11.6 Å². The van der Waals surface area contributed by atoms with Crippen molar-refractivity contribution in [3.05, 3.63) is 52.5 Å². The van der Waals surface area contributed by atoms with E-state index in [0.717, 1.165) is 12.3 Å². The van der Waals surface area contributed by atoms with E-state index in [1.807, 2.05) is 0 Å². The molecule has 0 aliphatic carbocycles. The first-order valence-electron chi connectivity index (χ1n) is 8.77. The second-order valence-corrected chi connectivity index (χ2v) is 8.97. The van der Waals surface area contributed by atoms with Crippen molar-refractivity contribution in [2.24, 2.45) is 0 Å². The zero-order valence-corrected chi connectivity index (χ0v) is 17.8. The van der Waals surface area contributed by atoms with Crippen LogP contribution in [0.5, 0.6) is 0 Å². The first kappa shape index (κ1) is 22.8. The summed E-state index contributed by atoms with van der Waals surface area (Å²) in [5, 5.41) is 8.57. The number of nitrogens with one attached hydrogen (secondary N) is 3. The van der Waals surface area contributed by atoms with Gasteiger partial charge in [0.05, 0.1) is 16.8 Å². The Morgan fingerprint density at radius 3 is 2.35 bits per heavy atom. The van der Waals surface area contributed by atoms with E-state index in [0.29, 0.717) is 5.56 Å². The van der Waals surface area contributed by atoms with Gasteiger partial charge < -0.3 is 11.1 Å². The number of rotatable bonds is 6. The molecule has 0 unspecified atom stereocenters. The first-order valence-corrected chi connectivity index (χ1v) is 11.0. The van der Waals surface area contributed by atoms with Crippen LogP contribution in [0.15, 0.2) is 36.4 Å². The van der Waals surface area contributed by atoms with Crippen LogP contribution < -0.4 is 15.8 Å². The van der Waals surface area contributed by atoms with Gasteiger partial charge in [0, 0.05) is 17.3 Å². The van der Waals surface area contributed by atoms with Crippen molar-refractivity contribution < 1.29 is 21.6 Å². The highest BCUT2D eigenvalue weighted by Crippen LogP contribution is 2.43. The Kier molecular flexibility index (Phi) is 6.16. The summed E-state index contributed by atoms with van der Waals surface area (Å²) in [7, 11) is -3.44. The van der Waals surface area contributed by atoms with E-state index in [9.17, 15) is 21.6 Å². The maximum absolute atomic E-state index is 13.8. The van der Waals surface area contributed by atoms with E-state index < -0.39 is 27.8 Å². The van der Waals surface area contributed by atoms with Gasteiger partial charge in [-0.25, -0.2) is 18.2 Å². The SMILES string of the molecule is C[C@H](NS(C)(=O)=O)c1ccc(-c2c(Cl)cc(Nc3n[nH]c(N)n3)cc2C(F)(F)F)cc1. The van der Waals surface area contributed by atoms with Gasteiger partial charge in [0.25, 0.3) is 0 Å². The van der Waals surface area contributed by atoms with Crippen molar-refractivity contribution in [2.45, 2.75) is 19.1 Å². The summed E-state index contributed by atoms with van der Waals surface area (Å²) in [5.41, 5.74) is 5.09. The van der Waals surface area contributed by atoms with E-state index >= 15 is 0 Å². The lowest BCUT2D eigenvalue weighted by Crippen LogP contribution is -2.25. The number of hydrogen-bond acceptors (Lipinski definition) is 6. The third kappa shape index (κ3) is 5.66. The molecule has 5 N–H and O–H groups in total. The van der Waals surface area contributed by atoms with E-state index in [1.165, 1.54) is 30.3 Å². The molecule has 0 saturated carbocycles. The van der Waals surface area contributed by atoms with Crippen LogP contribution in [0.3, 0.4) is 0 Å². The largest absolute Gasteiger partial charge is 0.417 e. The smallest absolute Gasteiger partial charge is 0.368 e. The summed E-state index contributed by atoms with van der Waals surface area (Å²) in [6.45, 7) is 1.63. The second kappa shape index (κ2) is 8.36. The fourth-order valence-corrected chi connectivity index (χ4v) is 4.09. The van der Waals surface area contributed by atoms with Crippen molar-refractivity contribution in [1.82, 2.24) is 19.9 Å². The second-order valence-electron chi connectivity index (χ2n) is 6.78. The molecule has 1 aromatic heterocycles. The van der Waals surface area contributed by atoms with Crippen molar-refractivity contribution in [1.29, 1.82) is 0 Å². The minimum Gasteiger partial charge on any atom is -0.368 e. The molecule has 0 saturated heterocycles. The third-order valence-electron chi connectivity index (χ3n) is 4.24. The first-order chi connectivity index (χ1) is 14.3. The number of aromatic amines is 1. The van der Waals surface area contributed by atoms with Crippen LogP contribution in [0.4, 0.5) is 30.8 Å². The molecule has 3 aromatic rings. The number of benzene rings is 2. The molecule has 13 heteroatoms. The fourth-order valence-electron chi connectivity index (χ4n) is 2.98. The molecule has 0 radical (unpaired) electrons. The molecule has 0 aliphatic heterocycles. The fraction of sp³-hybridized carbons (Fsp3) is 0.222. The Labute approximate surface area is 181 Å². The Bertz CT molecular complexity index is 1200. The van der Waals surface area contributed by atoms with E-state index in [1.54, 1.807) is 6.92 Å². The van der Waals surface area contributed by atoms with Crippen molar-refractivity contribution in [2.75, 3.05) is 17.3 Å². The predicted octanol–water partition coefficient (Wildman–Crippen LogP) is 4.08. The number of aromatic nitrogens is 3. The Hall–Kier alpha value is -2.83. The quantitative estimate of drug-likeness (QED) is 0.426. The maximum atomic E-state index is 13.8. The van der Waals surface area contributed by atoms with E-state index in [2.05, 4.69) is 25.2 Å². The molecule has 0 amide bonds. The van der Waals surface area contributed by atoms with Crippen molar-refractivity contribution in [3.8, 4) is 11.1 Å². The lowest BCUT2D eigenvalue weighted by Gasteiger charge is -2.18. The summed E-state index contributed by atoms with van der Waals surface area (Å²) >= 11 is 6.23. The van der Waals surface area contributed by atoms with Gasteiger partial charge in [-0.3, -0.25) is 0 Å². The van der Waals surface area contributed by atoms with Gasteiger partial charge in [0.15, 0.2) is 0 Å². The summed E-state index contributed by atoms with van der Waals surface area (Å²) in [6.07, 6.45) is -3.67. The summed E-state index contributed by atoms with van der Waals surface area (Å²) < 4.78 is 66.6. The van der Waals surface area contributed by atoms with E-state index in [-0.39, 0.29) is 33.7 Å². The van der Waals surface area contributed by atoms with Gasteiger partial charge in [-0.2, -0.15) is 18.2 Å². The van der Waals surface area contributed by atoms with Gasteiger partial charge in [-0.05, 0) is 30.2 Å². The highest BCUT2D eigenvalue weighted by molar-refractivity contribution is 7.88. The molecule has 1 atom stereocenters. The van der Waals surface area contributed by atoms with Crippen LogP contribution in [-0.4, -0.2) is 29.9 Å². The van der Waals surface area contributed by atoms with Crippen molar-refractivity contribution >= 4 is 39.2 Å². The Morgan fingerprint density at radius 1 is 1.19 bits per heavy atom. The van der Waals surface area contributed by atoms with Gasteiger partial charge in [-0.15, -0.1) is 5.10 Å². The van der Waals surface area contributed by atoms with Gasteiger partial charge >= 0.3 is 6.18 Å². The topological polar surface area (TPSA) is 126 Å². The average molecular weight is 475 g/mol. The summed E-state index contributed by atoms with van der Waals surface area (Å²) in [4.78, 5) is 3.79. The average Bonchev–Trinajstić information content (AvgIpc) is 3.04.